The van der Waals surface area contributed by atoms with Gasteiger partial charge in [-0.05, 0) is 19.9 Å². The van der Waals surface area contributed by atoms with Crippen molar-refractivity contribution in [1.82, 2.24) is 10.6 Å². The molecule has 3 heteroatoms. The summed E-state index contributed by atoms with van der Waals surface area (Å²) in [4.78, 5) is 11.5. The third-order valence-corrected chi connectivity index (χ3v) is 2.49. The van der Waals surface area contributed by atoms with Crippen LogP contribution in [0.4, 0.5) is 0 Å². The molecular formula is C10H22N2O. The minimum absolute atomic E-state index is 0.101. The molecule has 0 bridgehead atoms. The molecule has 0 aromatic heterocycles. The second-order valence-electron chi connectivity index (χ2n) is 3.97. The number of carbonyl (C=O) groups excluding carboxylic acids is 1. The highest BCUT2D eigenvalue weighted by Gasteiger charge is 2.16. The first-order valence-electron chi connectivity index (χ1n) is 4.94. The monoisotopic (exact) mass is 186 g/mol. The van der Waals surface area contributed by atoms with Crippen molar-refractivity contribution in [2.75, 3.05) is 13.6 Å². The van der Waals surface area contributed by atoms with E-state index in [1.54, 1.807) is 0 Å². The topological polar surface area (TPSA) is 41.1 Å². The normalized spacial score (nSPS) is 15.5. The van der Waals surface area contributed by atoms with Crippen molar-refractivity contribution in [2.45, 2.75) is 33.7 Å². The summed E-state index contributed by atoms with van der Waals surface area (Å²) in [6, 6.07) is 0.336. The van der Waals surface area contributed by atoms with E-state index < -0.39 is 0 Å². The third-order valence-electron chi connectivity index (χ3n) is 2.49. The molecular weight excluding hydrogens is 164 g/mol. The zero-order valence-corrected chi connectivity index (χ0v) is 9.35. The van der Waals surface area contributed by atoms with Gasteiger partial charge in [0.05, 0.1) is 0 Å². The zero-order valence-electron chi connectivity index (χ0n) is 9.35. The highest BCUT2D eigenvalue weighted by Crippen LogP contribution is 2.08. The van der Waals surface area contributed by atoms with Crippen molar-refractivity contribution >= 4 is 5.91 Å². The van der Waals surface area contributed by atoms with Crippen LogP contribution in [0.15, 0.2) is 0 Å². The van der Waals surface area contributed by atoms with Crippen LogP contribution < -0.4 is 10.6 Å². The Hall–Kier alpha value is -0.570. The molecule has 0 saturated heterocycles. The van der Waals surface area contributed by atoms with Crippen molar-refractivity contribution in [2.24, 2.45) is 11.8 Å². The summed E-state index contributed by atoms with van der Waals surface area (Å²) in [5.74, 6) is 0.658. The first-order valence-corrected chi connectivity index (χ1v) is 4.94. The molecule has 0 fully saturated rings. The second kappa shape index (κ2) is 5.97. The van der Waals surface area contributed by atoms with E-state index >= 15 is 0 Å². The van der Waals surface area contributed by atoms with Gasteiger partial charge < -0.3 is 10.6 Å². The van der Waals surface area contributed by atoms with Crippen LogP contribution in [-0.4, -0.2) is 25.5 Å². The molecule has 2 unspecified atom stereocenters. The molecule has 3 nitrogen and oxygen atoms in total. The number of carbonyl (C=O) groups is 1. The Morgan fingerprint density at radius 2 is 1.77 bits per heavy atom. The van der Waals surface area contributed by atoms with Crippen molar-refractivity contribution in [1.29, 1.82) is 0 Å². The maximum Gasteiger partial charge on any atom is 0.223 e. The molecule has 0 rings (SSSR count). The average Bonchev–Trinajstić information content (AvgIpc) is 2.11. The molecule has 2 N–H and O–H groups in total. The lowest BCUT2D eigenvalue weighted by Crippen LogP contribution is -2.40. The second-order valence-corrected chi connectivity index (χ2v) is 3.97. The van der Waals surface area contributed by atoms with E-state index in [0.717, 1.165) is 0 Å². The maximum atomic E-state index is 11.5. The molecule has 0 aliphatic heterocycles. The first kappa shape index (κ1) is 12.4. The molecule has 0 heterocycles. The Bertz CT molecular complexity index is 157. The Balaban J connectivity index is 3.74. The van der Waals surface area contributed by atoms with Crippen LogP contribution in [0.2, 0.25) is 0 Å². The quantitative estimate of drug-likeness (QED) is 0.672. The van der Waals surface area contributed by atoms with Crippen molar-refractivity contribution < 1.29 is 4.79 Å². The van der Waals surface area contributed by atoms with Gasteiger partial charge in [-0.25, -0.2) is 0 Å². The van der Waals surface area contributed by atoms with Gasteiger partial charge in [-0.1, -0.05) is 20.8 Å². The van der Waals surface area contributed by atoms with Gasteiger partial charge in [0.25, 0.3) is 0 Å². The summed E-state index contributed by atoms with van der Waals surface area (Å²) in [7, 11) is 1.89. The number of likely N-dealkylation sites (N-methyl/N-ethyl adjacent to an activating group) is 1. The molecule has 0 aliphatic carbocycles. The first-order chi connectivity index (χ1) is 5.99. The SMILES string of the molecule is CNC(C)CNC(=O)C(C)C(C)C. The number of nitrogens with one attached hydrogen (secondary N) is 2. The fourth-order valence-corrected chi connectivity index (χ4v) is 0.819. The van der Waals surface area contributed by atoms with Crippen molar-refractivity contribution in [3.8, 4) is 0 Å². The summed E-state index contributed by atoms with van der Waals surface area (Å²) in [5.41, 5.74) is 0. The highest BCUT2D eigenvalue weighted by atomic mass is 16.1. The van der Waals surface area contributed by atoms with Crippen LogP contribution >= 0.6 is 0 Å². The van der Waals surface area contributed by atoms with Crippen LogP contribution in [0.25, 0.3) is 0 Å². The van der Waals surface area contributed by atoms with Crippen LogP contribution in [0.3, 0.4) is 0 Å². The van der Waals surface area contributed by atoms with E-state index in [-0.39, 0.29) is 11.8 Å². The summed E-state index contributed by atoms with van der Waals surface area (Å²) >= 11 is 0. The van der Waals surface area contributed by atoms with Crippen LogP contribution in [-0.2, 0) is 4.79 Å². The van der Waals surface area contributed by atoms with E-state index in [1.165, 1.54) is 0 Å². The van der Waals surface area contributed by atoms with E-state index in [1.807, 2.05) is 20.9 Å². The predicted octanol–water partition coefficient (Wildman–Crippen LogP) is 1.00. The molecule has 1 amide bonds. The molecule has 13 heavy (non-hydrogen) atoms. The number of hydrogen-bond acceptors (Lipinski definition) is 2. The summed E-state index contributed by atoms with van der Waals surface area (Å²) in [5, 5.41) is 5.99. The lowest BCUT2D eigenvalue weighted by molar-refractivity contribution is -0.125. The number of rotatable bonds is 5. The van der Waals surface area contributed by atoms with Gasteiger partial charge >= 0.3 is 0 Å². The smallest absolute Gasteiger partial charge is 0.223 e. The van der Waals surface area contributed by atoms with Crippen LogP contribution in [0.5, 0.6) is 0 Å². The molecule has 0 aromatic rings. The number of hydrogen-bond donors (Lipinski definition) is 2. The molecule has 0 aliphatic rings. The lowest BCUT2D eigenvalue weighted by Gasteiger charge is -2.17. The molecule has 0 saturated carbocycles. The Morgan fingerprint density at radius 3 is 2.15 bits per heavy atom. The van der Waals surface area contributed by atoms with Gasteiger partial charge in [-0.15, -0.1) is 0 Å². The molecule has 2 atom stereocenters. The Labute approximate surface area is 81.3 Å². The van der Waals surface area contributed by atoms with Gasteiger partial charge in [0.15, 0.2) is 0 Å². The van der Waals surface area contributed by atoms with E-state index in [4.69, 9.17) is 0 Å². The van der Waals surface area contributed by atoms with Crippen LogP contribution in [0.1, 0.15) is 27.7 Å². The average molecular weight is 186 g/mol. The summed E-state index contributed by atoms with van der Waals surface area (Å²) in [6.45, 7) is 8.83. The van der Waals surface area contributed by atoms with Gasteiger partial charge in [-0.3, -0.25) is 4.79 Å². The van der Waals surface area contributed by atoms with E-state index in [9.17, 15) is 4.79 Å². The minimum Gasteiger partial charge on any atom is -0.354 e. The summed E-state index contributed by atoms with van der Waals surface area (Å²) < 4.78 is 0. The molecule has 78 valence electrons. The Kier molecular flexibility index (Phi) is 5.71. The predicted molar refractivity (Wildman–Crippen MR) is 55.5 cm³/mol. The Morgan fingerprint density at radius 1 is 1.23 bits per heavy atom. The third kappa shape index (κ3) is 4.88. The zero-order chi connectivity index (χ0) is 10.4. The minimum atomic E-state index is 0.101. The summed E-state index contributed by atoms with van der Waals surface area (Å²) in [6.07, 6.45) is 0. The van der Waals surface area contributed by atoms with E-state index in [0.29, 0.717) is 18.5 Å². The van der Waals surface area contributed by atoms with Gasteiger partial charge in [0, 0.05) is 18.5 Å². The lowest BCUT2D eigenvalue weighted by atomic mass is 9.97. The highest BCUT2D eigenvalue weighted by molar-refractivity contribution is 5.78. The van der Waals surface area contributed by atoms with Crippen molar-refractivity contribution in [3.63, 3.8) is 0 Å². The molecule has 0 spiro atoms. The van der Waals surface area contributed by atoms with Gasteiger partial charge in [0.2, 0.25) is 5.91 Å². The maximum absolute atomic E-state index is 11.5. The fourth-order valence-electron chi connectivity index (χ4n) is 0.819. The standard InChI is InChI=1S/C10H22N2O/c1-7(2)9(4)10(13)12-6-8(3)11-5/h7-9,11H,6H2,1-5H3,(H,12,13). The van der Waals surface area contributed by atoms with Crippen molar-refractivity contribution in [3.05, 3.63) is 0 Å². The van der Waals surface area contributed by atoms with Gasteiger partial charge in [0.1, 0.15) is 0 Å². The number of amides is 1. The fraction of sp³-hybridized carbons (Fsp3) is 0.900. The van der Waals surface area contributed by atoms with E-state index in [2.05, 4.69) is 24.5 Å². The van der Waals surface area contributed by atoms with Crippen LogP contribution in [0, 0.1) is 11.8 Å². The largest absolute Gasteiger partial charge is 0.354 e. The van der Waals surface area contributed by atoms with Gasteiger partial charge in [-0.2, -0.15) is 0 Å². The molecule has 0 aromatic carbocycles. The molecule has 0 radical (unpaired) electrons.